The van der Waals surface area contributed by atoms with Crippen molar-refractivity contribution in [2.45, 2.75) is 33.1 Å². The van der Waals surface area contributed by atoms with Crippen molar-refractivity contribution in [3.8, 4) is 5.75 Å². The number of hydrogen-bond acceptors (Lipinski definition) is 4. The van der Waals surface area contributed by atoms with Crippen LogP contribution >= 0.6 is 0 Å². The topological polar surface area (TPSA) is 95.9 Å². The van der Waals surface area contributed by atoms with Crippen LogP contribution in [0.1, 0.15) is 33.1 Å². The molecule has 0 saturated heterocycles. The number of aliphatic carboxylic acids is 1. The first-order valence-electron chi connectivity index (χ1n) is 7.95. The molecule has 0 atom stereocenters. The summed E-state index contributed by atoms with van der Waals surface area (Å²) >= 11 is 0. The number of carboxylic acid groups (broad SMARTS) is 1. The Morgan fingerprint density at radius 2 is 2.08 bits per heavy atom. The lowest BCUT2D eigenvalue weighted by atomic mass is 10.1. The molecule has 1 aromatic carbocycles. The zero-order valence-corrected chi connectivity index (χ0v) is 13.9. The molecule has 7 nitrogen and oxygen atoms in total. The van der Waals surface area contributed by atoms with E-state index in [1.54, 1.807) is 23.1 Å². The van der Waals surface area contributed by atoms with E-state index in [1.807, 2.05) is 0 Å². The summed E-state index contributed by atoms with van der Waals surface area (Å²) in [6.45, 7) is 4.79. The van der Waals surface area contributed by atoms with Gasteiger partial charge in [-0.2, -0.15) is 0 Å². The van der Waals surface area contributed by atoms with Gasteiger partial charge in [0.25, 0.3) is 5.91 Å². The molecule has 0 aromatic heterocycles. The molecule has 1 aliphatic rings. The van der Waals surface area contributed by atoms with Crippen LogP contribution in [-0.2, 0) is 14.4 Å². The van der Waals surface area contributed by atoms with Crippen LogP contribution in [0.2, 0.25) is 0 Å². The fourth-order valence-electron chi connectivity index (χ4n) is 2.36. The Morgan fingerprint density at radius 1 is 1.33 bits per heavy atom. The zero-order valence-electron chi connectivity index (χ0n) is 13.9. The SMILES string of the molecule is CC(C)CCN1C(=O)COc2cc(NC(=O)CCC(=O)O)ccc21. The summed E-state index contributed by atoms with van der Waals surface area (Å²) in [5.74, 6) is -0.452. The molecule has 1 heterocycles. The number of anilines is 2. The first-order chi connectivity index (χ1) is 11.4. The average molecular weight is 334 g/mol. The van der Waals surface area contributed by atoms with E-state index in [-0.39, 0.29) is 31.3 Å². The van der Waals surface area contributed by atoms with Crippen molar-refractivity contribution in [2.24, 2.45) is 5.92 Å². The van der Waals surface area contributed by atoms with E-state index in [4.69, 9.17) is 9.84 Å². The third-order valence-corrected chi connectivity index (χ3v) is 3.68. The largest absolute Gasteiger partial charge is 0.481 e. The number of carbonyl (C=O) groups is 3. The maximum absolute atomic E-state index is 12.1. The van der Waals surface area contributed by atoms with Crippen LogP contribution in [0.25, 0.3) is 0 Å². The second kappa shape index (κ2) is 7.81. The third kappa shape index (κ3) is 4.71. The molecule has 0 unspecified atom stereocenters. The van der Waals surface area contributed by atoms with Gasteiger partial charge < -0.3 is 20.1 Å². The van der Waals surface area contributed by atoms with Crippen molar-refractivity contribution in [1.82, 2.24) is 0 Å². The predicted molar refractivity (Wildman–Crippen MR) is 89.2 cm³/mol. The molecule has 0 radical (unpaired) electrons. The van der Waals surface area contributed by atoms with Crippen LogP contribution in [0.4, 0.5) is 11.4 Å². The molecule has 1 aliphatic heterocycles. The summed E-state index contributed by atoms with van der Waals surface area (Å²) in [6, 6.07) is 5.07. The second-order valence-electron chi connectivity index (χ2n) is 6.14. The number of rotatable bonds is 7. The molecule has 0 bridgehead atoms. The van der Waals surface area contributed by atoms with Crippen molar-refractivity contribution in [1.29, 1.82) is 0 Å². The lowest BCUT2D eigenvalue weighted by Gasteiger charge is -2.30. The van der Waals surface area contributed by atoms with Crippen LogP contribution in [-0.4, -0.2) is 36.0 Å². The Bertz CT molecular complexity index is 642. The van der Waals surface area contributed by atoms with E-state index in [2.05, 4.69) is 19.2 Å². The molecule has 130 valence electrons. The normalized spacial score (nSPS) is 13.5. The van der Waals surface area contributed by atoms with E-state index in [0.717, 1.165) is 6.42 Å². The van der Waals surface area contributed by atoms with Crippen molar-refractivity contribution in [3.63, 3.8) is 0 Å². The highest BCUT2D eigenvalue weighted by molar-refractivity contribution is 5.99. The number of benzene rings is 1. The molecule has 1 aromatic rings. The Morgan fingerprint density at radius 3 is 2.75 bits per heavy atom. The highest BCUT2D eigenvalue weighted by Gasteiger charge is 2.25. The van der Waals surface area contributed by atoms with Gasteiger partial charge in [0.1, 0.15) is 5.75 Å². The zero-order chi connectivity index (χ0) is 17.7. The molecule has 7 heteroatoms. The van der Waals surface area contributed by atoms with Crippen LogP contribution in [0.5, 0.6) is 5.75 Å². The lowest BCUT2D eigenvalue weighted by molar-refractivity contribution is -0.138. The lowest BCUT2D eigenvalue weighted by Crippen LogP contribution is -2.39. The summed E-state index contributed by atoms with van der Waals surface area (Å²) in [6.07, 6.45) is 0.579. The second-order valence-corrected chi connectivity index (χ2v) is 6.14. The summed E-state index contributed by atoms with van der Waals surface area (Å²) in [5.41, 5.74) is 1.21. The molecule has 24 heavy (non-hydrogen) atoms. The number of carboxylic acids is 1. The summed E-state index contributed by atoms with van der Waals surface area (Å²) < 4.78 is 5.46. The van der Waals surface area contributed by atoms with Gasteiger partial charge in [-0.15, -0.1) is 0 Å². The monoisotopic (exact) mass is 334 g/mol. The van der Waals surface area contributed by atoms with Gasteiger partial charge in [-0.1, -0.05) is 13.8 Å². The Labute approximate surface area is 140 Å². The van der Waals surface area contributed by atoms with Crippen molar-refractivity contribution >= 4 is 29.2 Å². The first kappa shape index (κ1) is 17.8. The van der Waals surface area contributed by atoms with Gasteiger partial charge in [0.15, 0.2) is 6.61 Å². The maximum Gasteiger partial charge on any atom is 0.303 e. The molecule has 0 fully saturated rings. The molecular weight excluding hydrogens is 312 g/mol. The molecule has 0 saturated carbocycles. The standard InChI is InChI=1S/C17H22N2O5/c1-11(2)7-8-19-13-4-3-12(9-14(13)24-10-16(19)21)18-15(20)5-6-17(22)23/h3-4,9,11H,5-8,10H2,1-2H3,(H,18,20)(H,22,23). The Kier molecular flexibility index (Phi) is 5.78. The van der Waals surface area contributed by atoms with E-state index >= 15 is 0 Å². The quantitative estimate of drug-likeness (QED) is 0.797. The predicted octanol–water partition coefficient (Wildman–Crippen LogP) is 2.26. The number of carbonyl (C=O) groups excluding carboxylic acids is 2. The molecule has 0 aliphatic carbocycles. The van der Waals surface area contributed by atoms with E-state index in [9.17, 15) is 14.4 Å². The fraction of sp³-hybridized carbons (Fsp3) is 0.471. The number of hydrogen-bond donors (Lipinski definition) is 2. The fourth-order valence-corrected chi connectivity index (χ4v) is 2.36. The maximum atomic E-state index is 12.1. The smallest absolute Gasteiger partial charge is 0.303 e. The van der Waals surface area contributed by atoms with Crippen LogP contribution in [0.3, 0.4) is 0 Å². The van der Waals surface area contributed by atoms with Gasteiger partial charge in [-0.3, -0.25) is 14.4 Å². The van der Waals surface area contributed by atoms with Crippen molar-refractivity contribution in [3.05, 3.63) is 18.2 Å². The first-order valence-corrected chi connectivity index (χ1v) is 7.95. The minimum Gasteiger partial charge on any atom is -0.481 e. The Balaban J connectivity index is 2.08. The van der Waals surface area contributed by atoms with E-state index in [0.29, 0.717) is 29.6 Å². The van der Waals surface area contributed by atoms with Gasteiger partial charge in [-0.05, 0) is 24.5 Å². The number of fused-ring (bicyclic) bond motifs is 1. The highest BCUT2D eigenvalue weighted by Crippen LogP contribution is 2.34. The van der Waals surface area contributed by atoms with E-state index < -0.39 is 5.97 Å². The van der Waals surface area contributed by atoms with Gasteiger partial charge >= 0.3 is 5.97 Å². The van der Waals surface area contributed by atoms with Gasteiger partial charge in [0.2, 0.25) is 5.91 Å². The summed E-state index contributed by atoms with van der Waals surface area (Å²) in [4.78, 5) is 35.9. The van der Waals surface area contributed by atoms with Crippen molar-refractivity contribution in [2.75, 3.05) is 23.4 Å². The average Bonchev–Trinajstić information content (AvgIpc) is 2.52. The number of amides is 2. The molecular formula is C17H22N2O5. The van der Waals surface area contributed by atoms with Crippen LogP contribution in [0.15, 0.2) is 18.2 Å². The minimum atomic E-state index is -1.02. The number of nitrogens with zero attached hydrogens (tertiary/aromatic N) is 1. The van der Waals surface area contributed by atoms with Gasteiger partial charge in [0, 0.05) is 24.7 Å². The highest BCUT2D eigenvalue weighted by atomic mass is 16.5. The summed E-state index contributed by atoms with van der Waals surface area (Å²) in [5, 5.41) is 11.2. The van der Waals surface area contributed by atoms with Crippen molar-refractivity contribution < 1.29 is 24.2 Å². The van der Waals surface area contributed by atoms with Gasteiger partial charge in [-0.25, -0.2) is 0 Å². The number of ether oxygens (including phenoxy) is 1. The number of nitrogens with one attached hydrogen (secondary N) is 1. The molecule has 2 rings (SSSR count). The summed E-state index contributed by atoms with van der Waals surface area (Å²) in [7, 11) is 0. The third-order valence-electron chi connectivity index (χ3n) is 3.68. The molecule has 2 N–H and O–H groups in total. The molecule has 0 spiro atoms. The van der Waals surface area contributed by atoms with Crippen LogP contribution < -0.4 is 15.0 Å². The van der Waals surface area contributed by atoms with Crippen LogP contribution in [0, 0.1) is 5.92 Å². The minimum absolute atomic E-state index is 0.0263. The molecule has 2 amide bonds. The van der Waals surface area contributed by atoms with E-state index in [1.165, 1.54) is 0 Å². The Hall–Kier alpha value is -2.57. The van der Waals surface area contributed by atoms with Gasteiger partial charge in [0.05, 0.1) is 12.1 Å².